The van der Waals surface area contributed by atoms with E-state index in [0.717, 1.165) is 25.4 Å². The van der Waals surface area contributed by atoms with Crippen LogP contribution in [0.3, 0.4) is 0 Å². The molecule has 0 amide bonds. The quantitative estimate of drug-likeness (QED) is 0.728. The standard InChI is InChI=1S/C17H28N2O/c1-3-19(16-8-9-16)13-12-18-14(2)4-5-15-6-10-17(20)11-7-15/h6-7,10-11,14,16,18,20H,3-5,8-9,12-13H2,1-2H3. The van der Waals surface area contributed by atoms with Crippen molar-refractivity contribution in [1.29, 1.82) is 0 Å². The van der Waals surface area contributed by atoms with Gasteiger partial charge in [0.25, 0.3) is 0 Å². The van der Waals surface area contributed by atoms with E-state index in [2.05, 4.69) is 24.1 Å². The minimum absolute atomic E-state index is 0.347. The Kier molecular flexibility index (Phi) is 5.86. The summed E-state index contributed by atoms with van der Waals surface area (Å²) in [6.45, 7) is 7.94. The lowest BCUT2D eigenvalue weighted by molar-refractivity contribution is 0.272. The van der Waals surface area contributed by atoms with Crippen LogP contribution in [0.15, 0.2) is 24.3 Å². The van der Waals surface area contributed by atoms with Gasteiger partial charge in [-0.2, -0.15) is 0 Å². The number of nitrogens with one attached hydrogen (secondary N) is 1. The molecule has 1 unspecified atom stereocenters. The molecule has 3 nitrogen and oxygen atoms in total. The average molecular weight is 276 g/mol. The summed E-state index contributed by atoms with van der Waals surface area (Å²) < 4.78 is 0. The van der Waals surface area contributed by atoms with Crippen LogP contribution in [0.2, 0.25) is 0 Å². The predicted octanol–water partition coefficient (Wildman–Crippen LogP) is 2.79. The second-order valence-electron chi connectivity index (χ2n) is 5.92. The van der Waals surface area contributed by atoms with Crippen LogP contribution >= 0.6 is 0 Å². The lowest BCUT2D eigenvalue weighted by Gasteiger charge is -2.21. The van der Waals surface area contributed by atoms with Gasteiger partial charge in [0.05, 0.1) is 0 Å². The molecule has 1 aliphatic rings. The zero-order chi connectivity index (χ0) is 14.4. The summed E-state index contributed by atoms with van der Waals surface area (Å²) in [4.78, 5) is 2.58. The van der Waals surface area contributed by atoms with Crippen molar-refractivity contribution in [3.8, 4) is 5.75 Å². The molecule has 3 heteroatoms. The highest BCUT2D eigenvalue weighted by molar-refractivity contribution is 5.25. The molecule has 1 saturated carbocycles. The molecule has 1 aromatic rings. The molecule has 0 heterocycles. The highest BCUT2D eigenvalue weighted by Crippen LogP contribution is 2.25. The van der Waals surface area contributed by atoms with Gasteiger partial charge in [0.15, 0.2) is 0 Å². The van der Waals surface area contributed by atoms with Crippen molar-refractivity contribution in [3.63, 3.8) is 0 Å². The third-order valence-corrected chi connectivity index (χ3v) is 4.16. The molecule has 1 aliphatic carbocycles. The topological polar surface area (TPSA) is 35.5 Å². The lowest BCUT2D eigenvalue weighted by Crippen LogP contribution is -2.37. The molecule has 20 heavy (non-hydrogen) atoms. The van der Waals surface area contributed by atoms with Crippen LogP contribution in [0.4, 0.5) is 0 Å². The van der Waals surface area contributed by atoms with Gasteiger partial charge in [-0.05, 0) is 56.8 Å². The van der Waals surface area contributed by atoms with Crippen molar-refractivity contribution in [1.82, 2.24) is 10.2 Å². The Labute approximate surface area is 123 Å². The fourth-order valence-corrected chi connectivity index (χ4v) is 2.64. The van der Waals surface area contributed by atoms with Crippen LogP contribution in [0, 0.1) is 0 Å². The minimum Gasteiger partial charge on any atom is -0.508 e. The zero-order valence-electron chi connectivity index (χ0n) is 12.8. The van der Waals surface area contributed by atoms with Gasteiger partial charge in [-0.25, -0.2) is 0 Å². The van der Waals surface area contributed by atoms with Crippen molar-refractivity contribution < 1.29 is 5.11 Å². The Morgan fingerprint density at radius 1 is 1.30 bits per heavy atom. The van der Waals surface area contributed by atoms with Gasteiger partial charge in [-0.1, -0.05) is 19.1 Å². The van der Waals surface area contributed by atoms with Crippen molar-refractivity contribution in [2.24, 2.45) is 0 Å². The first-order chi connectivity index (χ1) is 9.69. The van der Waals surface area contributed by atoms with Gasteiger partial charge >= 0.3 is 0 Å². The Hall–Kier alpha value is -1.06. The van der Waals surface area contributed by atoms with E-state index >= 15 is 0 Å². The van der Waals surface area contributed by atoms with Gasteiger partial charge in [-0.3, -0.25) is 4.90 Å². The maximum Gasteiger partial charge on any atom is 0.115 e. The number of likely N-dealkylation sites (N-methyl/N-ethyl adjacent to an activating group) is 1. The summed E-state index contributed by atoms with van der Waals surface area (Å²) in [7, 11) is 0. The number of phenols is 1. The van der Waals surface area contributed by atoms with Crippen LogP contribution in [0.5, 0.6) is 5.75 Å². The van der Waals surface area contributed by atoms with Gasteiger partial charge in [-0.15, -0.1) is 0 Å². The number of hydrogen-bond donors (Lipinski definition) is 2. The molecular formula is C17H28N2O. The molecule has 0 radical (unpaired) electrons. The summed E-state index contributed by atoms with van der Waals surface area (Å²) in [5.41, 5.74) is 1.30. The molecule has 1 fully saturated rings. The van der Waals surface area contributed by atoms with E-state index in [1.54, 1.807) is 12.1 Å². The van der Waals surface area contributed by atoms with Crippen molar-refractivity contribution in [2.75, 3.05) is 19.6 Å². The number of phenolic OH excluding ortho intramolecular Hbond substituents is 1. The van der Waals surface area contributed by atoms with E-state index in [1.807, 2.05) is 12.1 Å². The van der Waals surface area contributed by atoms with E-state index in [9.17, 15) is 5.11 Å². The molecule has 2 N–H and O–H groups in total. The fraction of sp³-hybridized carbons (Fsp3) is 0.647. The third kappa shape index (κ3) is 5.14. The first kappa shape index (κ1) is 15.3. The Bertz CT molecular complexity index is 386. The molecule has 0 aliphatic heterocycles. The highest BCUT2D eigenvalue weighted by Gasteiger charge is 2.27. The maximum absolute atomic E-state index is 9.26. The molecule has 1 atom stereocenters. The van der Waals surface area contributed by atoms with E-state index in [1.165, 1.54) is 31.5 Å². The third-order valence-electron chi connectivity index (χ3n) is 4.16. The van der Waals surface area contributed by atoms with Crippen LogP contribution in [-0.2, 0) is 6.42 Å². The molecule has 112 valence electrons. The van der Waals surface area contributed by atoms with E-state index in [4.69, 9.17) is 0 Å². The average Bonchev–Trinajstić information content (AvgIpc) is 3.27. The van der Waals surface area contributed by atoms with Crippen molar-refractivity contribution in [2.45, 2.75) is 51.6 Å². The Morgan fingerprint density at radius 2 is 2.00 bits per heavy atom. The van der Waals surface area contributed by atoms with Crippen LogP contribution < -0.4 is 5.32 Å². The minimum atomic E-state index is 0.347. The molecule has 2 rings (SSSR count). The molecule has 0 bridgehead atoms. The van der Waals surface area contributed by atoms with Gasteiger partial charge < -0.3 is 10.4 Å². The SMILES string of the molecule is CCN(CCNC(C)CCc1ccc(O)cc1)C1CC1. The largest absolute Gasteiger partial charge is 0.508 e. The summed E-state index contributed by atoms with van der Waals surface area (Å²) >= 11 is 0. The number of rotatable bonds is 9. The van der Waals surface area contributed by atoms with Crippen LogP contribution in [0.1, 0.15) is 38.7 Å². The monoisotopic (exact) mass is 276 g/mol. The maximum atomic E-state index is 9.26. The summed E-state index contributed by atoms with van der Waals surface area (Å²) in [5.74, 6) is 0.347. The molecule has 0 spiro atoms. The summed E-state index contributed by atoms with van der Waals surface area (Å²) in [6.07, 6.45) is 4.99. The Balaban J connectivity index is 1.60. The predicted molar refractivity (Wildman–Crippen MR) is 84.2 cm³/mol. The number of nitrogens with zero attached hydrogens (tertiary/aromatic N) is 1. The van der Waals surface area contributed by atoms with Crippen molar-refractivity contribution >= 4 is 0 Å². The zero-order valence-corrected chi connectivity index (χ0v) is 12.8. The van der Waals surface area contributed by atoms with E-state index < -0.39 is 0 Å². The highest BCUT2D eigenvalue weighted by atomic mass is 16.3. The number of aromatic hydroxyl groups is 1. The Morgan fingerprint density at radius 3 is 2.60 bits per heavy atom. The fourth-order valence-electron chi connectivity index (χ4n) is 2.64. The van der Waals surface area contributed by atoms with E-state index in [0.29, 0.717) is 11.8 Å². The second kappa shape index (κ2) is 7.65. The normalized spacial score (nSPS) is 16.6. The second-order valence-corrected chi connectivity index (χ2v) is 5.92. The lowest BCUT2D eigenvalue weighted by atomic mass is 10.1. The molecule has 0 saturated heterocycles. The van der Waals surface area contributed by atoms with E-state index in [-0.39, 0.29) is 0 Å². The molecule has 0 aromatic heterocycles. The van der Waals surface area contributed by atoms with Crippen LogP contribution in [0.25, 0.3) is 0 Å². The molecular weight excluding hydrogens is 248 g/mol. The van der Waals surface area contributed by atoms with Gasteiger partial charge in [0.1, 0.15) is 5.75 Å². The summed E-state index contributed by atoms with van der Waals surface area (Å²) in [5, 5.41) is 12.9. The summed E-state index contributed by atoms with van der Waals surface area (Å²) in [6, 6.07) is 8.96. The number of hydrogen-bond acceptors (Lipinski definition) is 3. The first-order valence-electron chi connectivity index (χ1n) is 7.94. The van der Waals surface area contributed by atoms with Gasteiger partial charge in [0.2, 0.25) is 0 Å². The van der Waals surface area contributed by atoms with Crippen LogP contribution in [-0.4, -0.2) is 41.7 Å². The first-order valence-corrected chi connectivity index (χ1v) is 7.94. The molecule has 1 aromatic carbocycles. The smallest absolute Gasteiger partial charge is 0.115 e. The number of aryl methyl sites for hydroxylation is 1. The van der Waals surface area contributed by atoms with Gasteiger partial charge in [0, 0.05) is 25.2 Å². The van der Waals surface area contributed by atoms with Crippen molar-refractivity contribution in [3.05, 3.63) is 29.8 Å². The number of benzene rings is 1.